The minimum Gasteiger partial charge on any atom is -0.330 e. The minimum absolute atomic E-state index is 0.0272. The molecule has 76 valence electrons. The Labute approximate surface area is 88.5 Å². The van der Waals surface area contributed by atoms with Crippen LogP contribution >= 0.6 is 11.6 Å². The molecular weight excluding hydrogens is 200 g/mol. The second-order valence-electron chi connectivity index (χ2n) is 2.94. The largest absolute Gasteiger partial charge is 0.330 e. The number of amides is 1. The average Bonchev–Trinajstić information content (AvgIpc) is 2.18. The molecule has 0 saturated heterocycles. The number of halogens is 1. The van der Waals surface area contributed by atoms with Gasteiger partial charge in [-0.25, -0.2) is 0 Å². The molecule has 14 heavy (non-hydrogen) atoms. The van der Waals surface area contributed by atoms with Gasteiger partial charge in [0.05, 0.1) is 10.7 Å². The second kappa shape index (κ2) is 4.98. The van der Waals surface area contributed by atoms with Crippen LogP contribution in [-0.4, -0.2) is 19.5 Å². The Morgan fingerprint density at radius 2 is 2.14 bits per heavy atom. The van der Waals surface area contributed by atoms with E-state index < -0.39 is 0 Å². The van der Waals surface area contributed by atoms with Gasteiger partial charge in [0.25, 0.3) is 0 Å². The highest BCUT2D eigenvalue weighted by molar-refractivity contribution is 6.33. The van der Waals surface area contributed by atoms with Crippen molar-refractivity contribution in [3.8, 4) is 0 Å². The number of nitrogens with zero attached hydrogens (tertiary/aromatic N) is 1. The summed E-state index contributed by atoms with van der Waals surface area (Å²) in [6, 6.07) is 7.22. The Bertz CT molecular complexity index is 328. The smallest absolute Gasteiger partial charge is 0.228 e. The molecule has 1 aromatic carbocycles. The highest BCUT2D eigenvalue weighted by Gasteiger charge is 2.11. The fourth-order valence-corrected chi connectivity index (χ4v) is 1.41. The number of carbonyl (C=O) groups excluding carboxylic acids is 1. The van der Waals surface area contributed by atoms with Gasteiger partial charge in [-0.15, -0.1) is 0 Å². The molecule has 1 amide bonds. The van der Waals surface area contributed by atoms with Crippen LogP contribution in [0.3, 0.4) is 0 Å². The molecule has 0 radical (unpaired) electrons. The number of benzene rings is 1. The zero-order chi connectivity index (χ0) is 10.6. The molecule has 0 aliphatic carbocycles. The number of rotatable bonds is 3. The van der Waals surface area contributed by atoms with Crippen molar-refractivity contribution in [2.45, 2.75) is 6.42 Å². The summed E-state index contributed by atoms with van der Waals surface area (Å²) in [6.45, 7) is 0.355. The van der Waals surface area contributed by atoms with Gasteiger partial charge in [0, 0.05) is 20.0 Å². The summed E-state index contributed by atoms with van der Waals surface area (Å²) >= 11 is 5.94. The summed E-state index contributed by atoms with van der Waals surface area (Å²) < 4.78 is 0. The van der Waals surface area contributed by atoms with Gasteiger partial charge in [-0.05, 0) is 12.1 Å². The van der Waals surface area contributed by atoms with Crippen LogP contribution in [0.2, 0.25) is 5.02 Å². The number of carbonyl (C=O) groups is 1. The molecule has 0 aromatic heterocycles. The lowest BCUT2D eigenvalue weighted by Gasteiger charge is -2.17. The quantitative estimate of drug-likeness (QED) is 0.828. The first-order valence-corrected chi connectivity index (χ1v) is 4.75. The summed E-state index contributed by atoms with van der Waals surface area (Å²) in [5, 5.41) is 0.570. The van der Waals surface area contributed by atoms with Gasteiger partial charge >= 0.3 is 0 Å². The van der Waals surface area contributed by atoms with E-state index in [9.17, 15) is 4.79 Å². The van der Waals surface area contributed by atoms with Crippen LogP contribution in [0.1, 0.15) is 6.42 Å². The van der Waals surface area contributed by atoms with Crippen LogP contribution in [-0.2, 0) is 4.79 Å². The van der Waals surface area contributed by atoms with E-state index in [4.69, 9.17) is 17.3 Å². The summed E-state index contributed by atoms with van der Waals surface area (Å²) in [5.41, 5.74) is 6.02. The van der Waals surface area contributed by atoms with Crippen LogP contribution in [0, 0.1) is 0 Å². The van der Waals surface area contributed by atoms with E-state index in [1.807, 2.05) is 12.1 Å². The van der Waals surface area contributed by atoms with E-state index >= 15 is 0 Å². The first-order chi connectivity index (χ1) is 6.66. The summed E-state index contributed by atoms with van der Waals surface area (Å²) in [6.07, 6.45) is 0.335. The summed E-state index contributed by atoms with van der Waals surface area (Å²) in [7, 11) is 1.69. The lowest BCUT2D eigenvalue weighted by atomic mass is 10.2. The Balaban J connectivity index is 2.84. The first-order valence-electron chi connectivity index (χ1n) is 4.38. The van der Waals surface area contributed by atoms with Crippen molar-refractivity contribution in [1.29, 1.82) is 0 Å². The van der Waals surface area contributed by atoms with Crippen LogP contribution in [0.15, 0.2) is 24.3 Å². The molecule has 0 fully saturated rings. The molecule has 0 bridgehead atoms. The normalized spacial score (nSPS) is 9.93. The van der Waals surface area contributed by atoms with Crippen molar-refractivity contribution in [3.05, 3.63) is 29.3 Å². The third-order valence-electron chi connectivity index (χ3n) is 1.95. The zero-order valence-electron chi connectivity index (χ0n) is 8.03. The predicted octanol–water partition coefficient (Wildman–Crippen LogP) is 1.65. The van der Waals surface area contributed by atoms with Gasteiger partial charge in [-0.1, -0.05) is 23.7 Å². The SMILES string of the molecule is CN(C(=O)CCN)c1ccccc1Cl. The number of para-hydroxylation sites is 1. The molecule has 0 aliphatic rings. The minimum atomic E-state index is -0.0272. The van der Waals surface area contributed by atoms with Crippen molar-refractivity contribution in [2.75, 3.05) is 18.5 Å². The topological polar surface area (TPSA) is 46.3 Å². The van der Waals surface area contributed by atoms with Crippen molar-refractivity contribution in [3.63, 3.8) is 0 Å². The number of hydrogen-bond donors (Lipinski definition) is 1. The molecule has 0 spiro atoms. The predicted molar refractivity (Wildman–Crippen MR) is 58.5 cm³/mol. The van der Waals surface area contributed by atoms with E-state index in [1.54, 1.807) is 19.2 Å². The van der Waals surface area contributed by atoms with Crippen molar-refractivity contribution >= 4 is 23.2 Å². The Hall–Kier alpha value is -1.06. The molecule has 0 heterocycles. The molecular formula is C10H13ClN2O. The maximum absolute atomic E-state index is 11.5. The Morgan fingerprint density at radius 1 is 1.50 bits per heavy atom. The van der Waals surface area contributed by atoms with Gasteiger partial charge in [0.1, 0.15) is 0 Å². The maximum atomic E-state index is 11.5. The van der Waals surface area contributed by atoms with E-state index in [0.29, 0.717) is 23.7 Å². The van der Waals surface area contributed by atoms with E-state index in [-0.39, 0.29) is 5.91 Å². The van der Waals surface area contributed by atoms with Crippen LogP contribution in [0.4, 0.5) is 5.69 Å². The Kier molecular flexibility index (Phi) is 3.92. The lowest BCUT2D eigenvalue weighted by Crippen LogP contribution is -2.28. The lowest BCUT2D eigenvalue weighted by molar-refractivity contribution is -0.118. The molecule has 1 aromatic rings. The van der Waals surface area contributed by atoms with Crippen molar-refractivity contribution in [2.24, 2.45) is 5.73 Å². The third-order valence-corrected chi connectivity index (χ3v) is 2.27. The molecule has 0 saturated carbocycles. The summed E-state index contributed by atoms with van der Waals surface area (Å²) in [4.78, 5) is 13.0. The molecule has 0 atom stereocenters. The van der Waals surface area contributed by atoms with Gasteiger partial charge in [0.15, 0.2) is 0 Å². The highest BCUT2D eigenvalue weighted by Crippen LogP contribution is 2.24. The molecule has 3 nitrogen and oxygen atoms in total. The molecule has 0 unspecified atom stereocenters. The van der Waals surface area contributed by atoms with E-state index in [2.05, 4.69) is 0 Å². The average molecular weight is 213 g/mol. The number of anilines is 1. The van der Waals surface area contributed by atoms with Gasteiger partial charge in [-0.3, -0.25) is 4.79 Å². The fraction of sp³-hybridized carbons (Fsp3) is 0.300. The van der Waals surface area contributed by atoms with Gasteiger partial charge in [-0.2, -0.15) is 0 Å². The highest BCUT2D eigenvalue weighted by atomic mass is 35.5. The van der Waals surface area contributed by atoms with E-state index in [0.717, 1.165) is 0 Å². The standard InChI is InChI=1S/C10H13ClN2O/c1-13(10(14)6-7-12)9-5-3-2-4-8(9)11/h2-5H,6-7,12H2,1H3. The second-order valence-corrected chi connectivity index (χ2v) is 3.35. The molecule has 0 aliphatic heterocycles. The van der Waals surface area contributed by atoms with Gasteiger partial charge in [0.2, 0.25) is 5.91 Å². The van der Waals surface area contributed by atoms with Crippen LogP contribution in [0.5, 0.6) is 0 Å². The number of nitrogens with two attached hydrogens (primary N) is 1. The molecule has 4 heteroatoms. The third kappa shape index (κ3) is 2.47. The Morgan fingerprint density at radius 3 is 2.71 bits per heavy atom. The van der Waals surface area contributed by atoms with Crippen LogP contribution < -0.4 is 10.6 Å². The van der Waals surface area contributed by atoms with Crippen molar-refractivity contribution < 1.29 is 4.79 Å². The number of hydrogen-bond acceptors (Lipinski definition) is 2. The molecule has 1 rings (SSSR count). The van der Waals surface area contributed by atoms with Gasteiger partial charge < -0.3 is 10.6 Å². The zero-order valence-corrected chi connectivity index (χ0v) is 8.79. The first kappa shape index (κ1) is 11.0. The maximum Gasteiger partial charge on any atom is 0.228 e. The monoisotopic (exact) mass is 212 g/mol. The van der Waals surface area contributed by atoms with E-state index in [1.165, 1.54) is 4.90 Å². The fourth-order valence-electron chi connectivity index (χ4n) is 1.15. The summed E-state index contributed by atoms with van der Waals surface area (Å²) in [5.74, 6) is -0.0272. The van der Waals surface area contributed by atoms with Crippen LogP contribution in [0.25, 0.3) is 0 Å². The van der Waals surface area contributed by atoms with Crippen molar-refractivity contribution in [1.82, 2.24) is 0 Å². The molecule has 2 N–H and O–H groups in total.